The minimum Gasteiger partial charge on any atom is -0.353 e. The van der Waals surface area contributed by atoms with E-state index in [2.05, 4.69) is 13.8 Å². The average Bonchev–Trinajstić information content (AvgIpc) is 2.57. The second-order valence-electron chi connectivity index (χ2n) is 6.49. The summed E-state index contributed by atoms with van der Waals surface area (Å²) >= 11 is 0. The summed E-state index contributed by atoms with van der Waals surface area (Å²) in [5.74, 6) is 0. The Labute approximate surface area is 145 Å². The van der Waals surface area contributed by atoms with Gasteiger partial charge in [-0.1, -0.05) is 78.1 Å². The van der Waals surface area contributed by atoms with Crippen LogP contribution in [0.5, 0.6) is 0 Å². The topological polar surface area (TPSA) is 42.3 Å². The van der Waals surface area contributed by atoms with Crippen molar-refractivity contribution in [3.8, 4) is 0 Å². The highest BCUT2D eigenvalue weighted by Gasteiger charge is 2.08. The molecule has 0 amide bonds. The van der Waals surface area contributed by atoms with Crippen molar-refractivity contribution in [1.29, 1.82) is 5.41 Å². The summed E-state index contributed by atoms with van der Waals surface area (Å²) in [7, 11) is 0. The van der Waals surface area contributed by atoms with Crippen molar-refractivity contribution >= 4 is 6.21 Å². The molecule has 0 atom stereocenters. The molecule has 0 saturated heterocycles. The molecule has 0 rings (SSSR count). The molecule has 3 nitrogen and oxygen atoms in total. The molecule has 0 saturated carbocycles. The molecule has 0 bridgehead atoms. The van der Waals surface area contributed by atoms with Gasteiger partial charge >= 0.3 is 0 Å². The lowest BCUT2D eigenvalue weighted by atomic mass is 10.1. The van der Waals surface area contributed by atoms with Gasteiger partial charge in [0.1, 0.15) is 0 Å². The molecule has 0 aromatic carbocycles. The van der Waals surface area contributed by atoms with E-state index in [1.807, 2.05) is 0 Å². The highest BCUT2D eigenvalue weighted by atomic mass is 16.7. The lowest BCUT2D eigenvalue weighted by Gasteiger charge is -2.18. The SMILES string of the molecule is CCCCCCCCOC(CCC=N)OCCCCCCCC. The van der Waals surface area contributed by atoms with E-state index in [1.54, 1.807) is 0 Å². The van der Waals surface area contributed by atoms with Crippen molar-refractivity contribution in [2.45, 2.75) is 110 Å². The zero-order valence-electron chi connectivity index (χ0n) is 15.8. The maximum Gasteiger partial charge on any atom is 0.157 e. The van der Waals surface area contributed by atoms with Crippen molar-refractivity contribution in [1.82, 2.24) is 0 Å². The van der Waals surface area contributed by atoms with E-state index in [1.165, 1.54) is 70.4 Å². The fraction of sp³-hybridized carbons (Fsp3) is 0.950. The molecule has 138 valence electrons. The second-order valence-corrected chi connectivity index (χ2v) is 6.49. The third-order valence-corrected chi connectivity index (χ3v) is 4.15. The first kappa shape index (κ1) is 22.6. The Hall–Kier alpha value is -0.410. The molecule has 0 heterocycles. The molecule has 0 aromatic heterocycles. The minimum atomic E-state index is -0.108. The number of nitrogens with one attached hydrogen (secondary N) is 1. The van der Waals surface area contributed by atoms with Crippen LogP contribution >= 0.6 is 0 Å². The number of unbranched alkanes of at least 4 members (excludes halogenated alkanes) is 10. The highest BCUT2D eigenvalue weighted by Crippen LogP contribution is 2.10. The van der Waals surface area contributed by atoms with Crippen LogP contribution in [0.15, 0.2) is 0 Å². The first-order valence-electron chi connectivity index (χ1n) is 10.1. The summed E-state index contributed by atoms with van der Waals surface area (Å²) in [5.41, 5.74) is 0. The first-order chi connectivity index (χ1) is 11.3. The van der Waals surface area contributed by atoms with Crippen LogP contribution in [0.25, 0.3) is 0 Å². The van der Waals surface area contributed by atoms with Gasteiger partial charge in [0.25, 0.3) is 0 Å². The fourth-order valence-corrected chi connectivity index (χ4v) is 2.63. The maximum absolute atomic E-state index is 7.17. The lowest BCUT2D eigenvalue weighted by Crippen LogP contribution is -2.19. The van der Waals surface area contributed by atoms with Gasteiger partial charge in [0, 0.05) is 19.6 Å². The van der Waals surface area contributed by atoms with Crippen LogP contribution in [-0.4, -0.2) is 25.7 Å². The Balaban J connectivity index is 3.57. The summed E-state index contributed by atoms with van der Waals surface area (Å²) in [6.45, 7) is 6.09. The fourth-order valence-electron chi connectivity index (χ4n) is 2.63. The predicted octanol–water partition coefficient (Wildman–Crippen LogP) is 6.50. The second kappa shape index (κ2) is 19.6. The van der Waals surface area contributed by atoms with E-state index in [9.17, 15) is 0 Å². The predicted molar refractivity (Wildman–Crippen MR) is 100 cm³/mol. The largest absolute Gasteiger partial charge is 0.353 e. The Bertz CT molecular complexity index is 216. The van der Waals surface area contributed by atoms with Crippen LogP contribution < -0.4 is 0 Å². The number of ether oxygens (including phenoxy) is 2. The molecular weight excluding hydrogens is 286 g/mol. The van der Waals surface area contributed by atoms with Gasteiger partial charge in [0.15, 0.2) is 6.29 Å². The zero-order valence-corrected chi connectivity index (χ0v) is 15.8. The van der Waals surface area contributed by atoms with Gasteiger partial charge in [0.2, 0.25) is 0 Å². The molecule has 0 aliphatic carbocycles. The Morgan fingerprint density at radius 1 is 0.696 bits per heavy atom. The minimum absolute atomic E-state index is 0.108. The summed E-state index contributed by atoms with van der Waals surface area (Å²) in [6, 6.07) is 0. The summed E-state index contributed by atoms with van der Waals surface area (Å²) in [4.78, 5) is 0. The number of hydrogen-bond acceptors (Lipinski definition) is 3. The normalized spacial score (nSPS) is 11.3. The van der Waals surface area contributed by atoms with Crippen molar-refractivity contribution in [3.63, 3.8) is 0 Å². The monoisotopic (exact) mass is 327 g/mol. The van der Waals surface area contributed by atoms with Crippen LogP contribution in [0, 0.1) is 5.41 Å². The Morgan fingerprint density at radius 2 is 1.13 bits per heavy atom. The molecule has 3 heteroatoms. The van der Waals surface area contributed by atoms with Gasteiger partial charge in [0.05, 0.1) is 0 Å². The van der Waals surface area contributed by atoms with Gasteiger partial charge in [-0.3, -0.25) is 0 Å². The third-order valence-electron chi connectivity index (χ3n) is 4.15. The molecule has 23 heavy (non-hydrogen) atoms. The molecule has 0 aliphatic rings. The van der Waals surface area contributed by atoms with Gasteiger partial charge < -0.3 is 14.9 Å². The van der Waals surface area contributed by atoms with Gasteiger partial charge in [-0.05, 0) is 25.5 Å². The summed E-state index contributed by atoms with van der Waals surface area (Å²) in [5, 5.41) is 7.17. The van der Waals surface area contributed by atoms with Crippen molar-refractivity contribution in [3.05, 3.63) is 0 Å². The smallest absolute Gasteiger partial charge is 0.157 e. The zero-order chi connectivity index (χ0) is 17.0. The molecule has 0 aliphatic heterocycles. The average molecular weight is 328 g/mol. The maximum atomic E-state index is 7.17. The molecule has 0 aromatic rings. The van der Waals surface area contributed by atoms with Crippen LogP contribution in [0.1, 0.15) is 104 Å². The standard InChI is InChI=1S/C20H41NO2/c1-3-5-7-9-11-13-18-22-20(16-15-17-21)23-19-14-12-10-8-6-4-2/h17,20-21H,3-16,18-19H2,1-2H3. The Kier molecular flexibility index (Phi) is 19.3. The van der Waals surface area contributed by atoms with Crippen molar-refractivity contribution < 1.29 is 9.47 Å². The van der Waals surface area contributed by atoms with E-state index in [0.717, 1.165) is 38.9 Å². The summed E-state index contributed by atoms with van der Waals surface area (Å²) < 4.78 is 11.7. The molecule has 0 fully saturated rings. The van der Waals surface area contributed by atoms with Crippen LogP contribution in [0.4, 0.5) is 0 Å². The van der Waals surface area contributed by atoms with Gasteiger partial charge in [-0.2, -0.15) is 0 Å². The third kappa shape index (κ3) is 17.8. The van der Waals surface area contributed by atoms with Gasteiger partial charge in [-0.25, -0.2) is 0 Å². The van der Waals surface area contributed by atoms with Crippen LogP contribution in [0.2, 0.25) is 0 Å². The van der Waals surface area contributed by atoms with E-state index >= 15 is 0 Å². The van der Waals surface area contributed by atoms with Crippen molar-refractivity contribution in [2.24, 2.45) is 0 Å². The molecule has 0 unspecified atom stereocenters. The molecular formula is C20H41NO2. The highest BCUT2D eigenvalue weighted by molar-refractivity contribution is 5.52. The van der Waals surface area contributed by atoms with Gasteiger partial charge in [-0.15, -0.1) is 0 Å². The van der Waals surface area contributed by atoms with E-state index < -0.39 is 0 Å². The van der Waals surface area contributed by atoms with Crippen LogP contribution in [0.3, 0.4) is 0 Å². The number of rotatable bonds is 19. The van der Waals surface area contributed by atoms with E-state index in [0.29, 0.717) is 0 Å². The first-order valence-corrected chi connectivity index (χ1v) is 10.1. The molecule has 0 radical (unpaired) electrons. The summed E-state index contributed by atoms with van der Waals surface area (Å²) in [6.07, 6.45) is 18.3. The quantitative estimate of drug-likeness (QED) is 0.167. The molecule has 0 spiro atoms. The number of hydrogen-bond donors (Lipinski definition) is 1. The van der Waals surface area contributed by atoms with Crippen molar-refractivity contribution in [2.75, 3.05) is 13.2 Å². The molecule has 1 N–H and O–H groups in total. The lowest BCUT2D eigenvalue weighted by molar-refractivity contribution is -0.146. The van der Waals surface area contributed by atoms with E-state index in [4.69, 9.17) is 14.9 Å². The van der Waals surface area contributed by atoms with E-state index in [-0.39, 0.29) is 6.29 Å². The van der Waals surface area contributed by atoms with Crippen LogP contribution in [-0.2, 0) is 9.47 Å². The Morgan fingerprint density at radius 3 is 1.57 bits per heavy atom.